The molecule has 8 heteroatoms. The second kappa shape index (κ2) is 5.55. The summed E-state index contributed by atoms with van der Waals surface area (Å²) in [5.41, 5.74) is 0.302. The first-order chi connectivity index (χ1) is 8.21. The van der Waals surface area contributed by atoms with Crippen molar-refractivity contribution in [2.45, 2.75) is 17.9 Å². The summed E-state index contributed by atoms with van der Waals surface area (Å²) in [6.45, 7) is 0.930. The van der Waals surface area contributed by atoms with Gasteiger partial charge in [0.2, 0.25) is 0 Å². The summed E-state index contributed by atoms with van der Waals surface area (Å²) < 4.78 is 41.5. The normalized spacial score (nSPS) is 13.2. The minimum Gasteiger partial charge on any atom is -0.485 e. The lowest BCUT2D eigenvalue weighted by molar-refractivity contribution is -0.385. The molecular weight excluding hydrogens is 319 g/mol. The van der Waals surface area contributed by atoms with E-state index in [0.717, 1.165) is 0 Å². The fourth-order valence-electron chi connectivity index (χ4n) is 1.15. The van der Waals surface area contributed by atoms with Crippen molar-refractivity contribution in [2.24, 2.45) is 0 Å². The van der Waals surface area contributed by atoms with E-state index in [4.69, 9.17) is 4.74 Å². The molecule has 0 fully saturated rings. The molecule has 0 aliphatic carbocycles. The molecule has 1 aromatic carbocycles. The van der Waals surface area contributed by atoms with Gasteiger partial charge in [0, 0.05) is 6.07 Å². The fraction of sp³-hybridized carbons (Fsp3) is 0.400. The minimum absolute atomic E-state index is 0.172. The molecule has 0 aliphatic rings. The number of nitro benzene ring substituents is 1. The van der Waals surface area contributed by atoms with Gasteiger partial charge in [-0.2, -0.15) is 13.2 Å². The van der Waals surface area contributed by atoms with Crippen molar-refractivity contribution in [2.75, 3.05) is 6.61 Å². The molecule has 18 heavy (non-hydrogen) atoms. The topological polar surface area (TPSA) is 52.4 Å². The second-order valence-electron chi connectivity index (χ2n) is 3.55. The highest BCUT2D eigenvalue weighted by Crippen LogP contribution is 2.31. The molecule has 0 aromatic heterocycles. The first-order valence-electron chi connectivity index (χ1n) is 4.80. The van der Waals surface area contributed by atoms with Crippen molar-refractivity contribution in [3.63, 3.8) is 0 Å². The molecule has 100 valence electrons. The van der Waals surface area contributed by atoms with Crippen LogP contribution in [0.4, 0.5) is 18.9 Å². The van der Waals surface area contributed by atoms with Gasteiger partial charge in [0.05, 0.1) is 4.92 Å². The Balaban J connectivity index is 2.84. The summed E-state index contributed by atoms with van der Waals surface area (Å²) in [5.74, 6) is -0.172. The van der Waals surface area contributed by atoms with Crippen molar-refractivity contribution in [1.82, 2.24) is 0 Å². The number of halogens is 4. The molecule has 1 atom stereocenters. The molecule has 1 rings (SSSR count). The average molecular weight is 328 g/mol. The number of hydrogen-bond donors (Lipinski definition) is 0. The van der Waals surface area contributed by atoms with Gasteiger partial charge >= 0.3 is 11.9 Å². The van der Waals surface area contributed by atoms with Gasteiger partial charge in [-0.15, -0.1) is 0 Å². The third-order valence-corrected chi connectivity index (χ3v) is 2.84. The molecule has 0 radical (unpaired) electrons. The van der Waals surface area contributed by atoms with E-state index in [9.17, 15) is 23.3 Å². The fourth-order valence-corrected chi connectivity index (χ4v) is 1.28. The summed E-state index contributed by atoms with van der Waals surface area (Å²) in [6.07, 6.45) is -4.46. The monoisotopic (exact) mass is 327 g/mol. The van der Waals surface area contributed by atoms with Crippen molar-refractivity contribution >= 4 is 21.6 Å². The smallest absolute Gasteiger partial charge is 0.404 e. The van der Waals surface area contributed by atoms with E-state index >= 15 is 0 Å². The third-order valence-electron chi connectivity index (χ3n) is 2.05. The van der Waals surface area contributed by atoms with E-state index < -0.39 is 22.5 Å². The highest BCUT2D eigenvalue weighted by Gasteiger charge is 2.38. The average Bonchev–Trinajstić information content (AvgIpc) is 2.24. The molecule has 0 bridgehead atoms. The van der Waals surface area contributed by atoms with Gasteiger partial charge in [0.15, 0.2) is 5.75 Å². The van der Waals surface area contributed by atoms with E-state index in [-0.39, 0.29) is 11.4 Å². The molecule has 0 saturated heterocycles. The Labute approximate surface area is 109 Å². The summed E-state index contributed by atoms with van der Waals surface area (Å²) in [5, 5.41) is 10.7. The first-order valence-corrected chi connectivity index (χ1v) is 5.72. The predicted molar refractivity (Wildman–Crippen MR) is 62.1 cm³/mol. The zero-order chi connectivity index (χ0) is 13.9. The maximum Gasteiger partial charge on any atom is 0.404 e. The van der Waals surface area contributed by atoms with Gasteiger partial charge in [-0.3, -0.25) is 10.1 Å². The Kier molecular flexibility index (Phi) is 4.55. The van der Waals surface area contributed by atoms with Crippen LogP contribution in [-0.4, -0.2) is 22.5 Å². The summed E-state index contributed by atoms with van der Waals surface area (Å²) >= 11 is 2.42. The number of nitro groups is 1. The summed E-state index contributed by atoms with van der Waals surface area (Å²) in [6, 6.07) is 4.01. The molecule has 1 unspecified atom stereocenters. The van der Waals surface area contributed by atoms with Crippen molar-refractivity contribution < 1.29 is 22.8 Å². The molecule has 0 aliphatic heterocycles. The maximum absolute atomic E-state index is 12.2. The molecule has 0 heterocycles. The predicted octanol–water partition coefficient (Wildman–Crippen LogP) is 3.61. The largest absolute Gasteiger partial charge is 0.485 e. The second-order valence-corrected chi connectivity index (χ2v) is 4.65. The van der Waals surface area contributed by atoms with Crippen LogP contribution < -0.4 is 4.74 Å². The maximum atomic E-state index is 12.2. The van der Waals surface area contributed by atoms with Crippen molar-refractivity contribution in [3.05, 3.63) is 33.9 Å². The summed E-state index contributed by atoms with van der Waals surface area (Å²) in [7, 11) is 0. The van der Waals surface area contributed by atoms with E-state index in [1.807, 2.05) is 0 Å². The van der Waals surface area contributed by atoms with Crippen LogP contribution in [0.1, 0.15) is 5.56 Å². The Morgan fingerprint density at radius 2 is 2.11 bits per heavy atom. The molecule has 4 nitrogen and oxygen atoms in total. The van der Waals surface area contributed by atoms with E-state index in [2.05, 4.69) is 15.9 Å². The molecular formula is C10H9BrF3NO3. The third kappa shape index (κ3) is 3.86. The van der Waals surface area contributed by atoms with Crippen LogP contribution in [0.5, 0.6) is 5.75 Å². The zero-order valence-electron chi connectivity index (χ0n) is 9.20. The lowest BCUT2D eigenvalue weighted by Crippen LogP contribution is -2.29. The number of nitrogens with zero attached hydrogens (tertiary/aromatic N) is 1. The van der Waals surface area contributed by atoms with Crippen molar-refractivity contribution in [3.8, 4) is 5.75 Å². The van der Waals surface area contributed by atoms with Crippen LogP contribution in [0.2, 0.25) is 0 Å². The number of ether oxygens (including phenoxy) is 1. The van der Waals surface area contributed by atoms with Gasteiger partial charge in [-0.1, -0.05) is 22.0 Å². The number of rotatable bonds is 4. The molecule has 0 spiro atoms. The number of alkyl halides is 4. The van der Waals surface area contributed by atoms with Crippen LogP contribution in [0.3, 0.4) is 0 Å². The Morgan fingerprint density at radius 1 is 1.50 bits per heavy atom. The van der Waals surface area contributed by atoms with Gasteiger partial charge < -0.3 is 4.74 Å². The van der Waals surface area contributed by atoms with Gasteiger partial charge in [0.25, 0.3) is 0 Å². The lowest BCUT2D eigenvalue weighted by atomic mass is 10.2. The van der Waals surface area contributed by atoms with Gasteiger partial charge in [-0.25, -0.2) is 0 Å². The quantitative estimate of drug-likeness (QED) is 0.482. The number of benzene rings is 1. The Hall–Kier alpha value is -1.31. The first kappa shape index (κ1) is 14.7. The van der Waals surface area contributed by atoms with Gasteiger partial charge in [0.1, 0.15) is 11.4 Å². The molecule has 0 amide bonds. The van der Waals surface area contributed by atoms with Crippen molar-refractivity contribution in [1.29, 1.82) is 0 Å². The number of hydrogen-bond acceptors (Lipinski definition) is 3. The number of aryl methyl sites for hydroxylation is 1. The summed E-state index contributed by atoms with van der Waals surface area (Å²) in [4.78, 5) is 8.09. The SMILES string of the molecule is Cc1ccc([N+](=O)[O-])c(OCC(Br)C(F)(F)F)c1. The van der Waals surface area contributed by atoms with Crippen LogP contribution in [0, 0.1) is 17.0 Å². The van der Waals surface area contributed by atoms with Crippen LogP contribution in [0.15, 0.2) is 18.2 Å². The molecule has 0 saturated carbocycles. The Morgan fingerprint density at radius 3 is 2.61 bits per heavy atom. The molecule has 0 N–H and O–H groups in total. The Bertz CT molecular complexity index is 450. The van der Waals surface area contributed by atoms with E-state index in [1.165, 1.54) is 18.2 Å². The highest BCUT2D eigenvalue weighted by molar-refractivity contribution is 9.09. The van der Waals surface area contributed by atoms with E-state index in [0.29, 0.717) is 5.56 Å². The standard InChI is InChI=1S/C10H9BrF3NO3/c1-6-2-3-7(15(16)17)8(4-6)18-5-9(11)10(12,13)14/h2-4,9H,5H2,1H3. The van der Waals surface area contributed by atoms with Crippen LogP contribution in [-0.2, 0) is 0 Å². The lowest BCUT2D eigenvalue weighted by Gasteiger charge is -2.15. The molecule has 1 aromatic rings. The minimum atomic E-state index is -4.46. The van der Waals surface area contributed by atoms with Crippen LogP contribution in [0.25, 0.3) is 0 Å². The van der Waals surface area contributed by atoms with Gasteiger partial charge in [-0.05, 0) is 18.6 Å². The highest BCUT2D eigenvalue weighted by atomic mass is 79.9. The zero-order valence-corrected chi connectivity index (χ0v) is 10.8. The van der Waals surface area contributed by atoms with E-state index in [1.54, 1.807) is 6.92 Å². The van der Waals surface area contributed by atoms with Crippen LogP contribution >= 0.6 is 15.9 Å².